The normalized spacial score (nSPS) is 16.9. The van der Waals surface area contributed by atoms with Gasteiger partial charge in [0.2, 0.25) is 0 Å². The van der Waals surface area contributed by atoms with E-state index in [0.717, 1.165) is 67.4 Å². The van der Waals surface area contributed by atoms with Crippen LogP contribution in [0.15, 0.2) is 60.8 Å². The largest absolute Gasteiger partial charge is 0.497 e. The Labute approximate surface area is 231 Å². The highest BCUT2D eigenvalue weighted by molar-refractivity contribution is 5.79. The molecule has 0 bridgehead atoms. The van der Waals surface area contributed by atoms with Crippen molar-refractivity contribution < 1.29 is 32.5 Å². The molecule has 0 amide bonds. The SMILES string of the molecule is COc1ccc(-c2ccc(C(F)(F)F)nc2)c(N2CCC(COc3cccc([C@@H](CC(=O)O)C4CC4)c3)CC2)c1. The fraction of sp³-hybridized carbons (Fsp3) is 0.419. The van der Waals surface area contributed by atoms with Crippen molar-refractivity contribution in [3.8, 4) is 22.6 Å². The van der Waals surface area contributed by atoms with Gasteiger partial charge in [-0.05, 0) is 79.3 Å². The quantitative estimate of drug-likeness (QED) is 0.290. The molecule has 1 N–H and O–H groups in total. The van der Waals surface area contributed by atoms with Crippen LogP contribution in [0, 0.1) is 11.8 Å². The lowest BCUT2D eigenvalue weighted by atomic mass is 9.91. The van der Waals surface area contributed by atoms with Gasteiger partial charge in [0, 0.05) is 42.2 Å². The molecule has 5 rings (SSSR count). The fourth-order valence-corrected chi connectivity index (χ4v) is 5.50. The highest BCUT2D eigenvalue weighted by Crippen LogP contribution is 2.45. The summed E-state index contributed by atoms with van der Waals surface area (Å²) in [6.07, 6.45) is 0.868. The lowest BCUT2D eigenvalue weighted by Crippen LogP contribution is -2.35. The first-order valence-corrected chi connectivity index (χ1v) is 13.6. The molecule has 9 heteroatoms. The zero-order valence-corrected chi connectivity index (χ0v) is 22.4. The van der Waals surface area contributed by atoms with Gasteiger partial charge in [0.05, 0.1) is 20.1 Å². The minimum Gasteiger partial charge on any atom is -0.497 e. The van der Waals surface area contributed by atoms with E-state index in [4.69, 9.17) is 9.47 Å². The van der Waals surface area contributed by atoms with Crippen molar-refractivity contribution in [1.29, 1.82) is 0 Å². The standard InChI is InChI=1S/C31H33F3N2O4/c1-39-24-8-9-26(23-7-10-29(35-18-23)31(32,33)34)28(16-24)36-13-11-20(12-14-36)19-40-25-4-2-3-22(15-25)27(17-30(37)38)21-5-6-21/h2-4,7-10,15-16,18,20-21,27H,5-6,11-14,17,19H2,1H3,(H,37,38)/t27-/m0/s1. The van der Waals surface area contributed by atoms with Crippen molar-refractivity contribution in [3.63, 3.8) is 0 Å². The number of methoxy groups -OCH3 is 1. The van der Waals surface area contributed by atoms with Crippen molar-refractivity contribution in [2.24, 2.45) is 11.8 Å². The van der Waals surface area contributed by atoms with Crippen molar-refractivity contribution >= 4 is 11.7 Å². The van der Waals surface area contributed by atoms with Gasteiger partial charge in [-0.1, -0.05) is 18.2 Å². The minimum atomic E-state index is -4.48. The van der Waals surface area contributed by atoms with Crippen molar-refractivity contribution in [2.45, 2.75) is 44.2 Å². The Hall–Kier alpha value is -3.75. The van der Waals surface area contributed by atoms with Gasteiger partial charge < -0.3 is 19.5 Å². The Kier molecular flexibility index (Phi) is 8.19. The van der Waals surface area contributed by atoms with E-state index < -0.39 is 17.8 Å². The first-order chi connectivity index (χ1) is 19.2. The maximum Gasteiger partial charge on any atom is 0.433 e. The zero-order chi connectivity index (χ0) is 28.3. The highest BCUT2D eigenvalue weighted by atomic mass is 19.4. The number of hydrogen-bond donors (Lipinski definition) is 1. The summed E-state index contributed by atoms with van der Waals surface area (Å²) < 4.78 is 50.6. The van der Waals surface area contributed by atoms with Gasteiger partial charge in [0.1, 0.15) is 17.2 Å². The van der Waals surface area contributed by atoms with Gasteiger partial charge in [-0.3, -0.25) is 9.78 Å². The minimum absolute atomic E-state index is 0.0289. The maximum absolute atomic E-state index is 13.0. The van der Waals surface area contributed by atoms with E-state index in [1.54, 1.807) is 13.2 Å². The summed E-state index contributed by atoms with van der Waals surface area (Å²) in [7, 11) is 1.59. The lowest BCUT2D eigenvalue weighted by Gasteiger charge is -2.35. The van der Waals surface area contributed by atoms with Crippen LogP contribution >= 0.6 is 0 Å². The second kappa shape index (κ2) is 11.8. The van der Waals surface area contributed by atoms with Crippen LogP contribution in [0.3, 0.4) is 0 Å². The molecule has 0 spiro atoms. The first-order valence-electron chi connectivity index (χ1n) is 13.6. The molecule has 6 nitrogen and oxygen atoms in total. The maximum atomic E-state index is 13.0. The number of piperidine rings is 1. The monoisotopic (exact) mass is 554 g/mol. The Morgan fingerprint density at radius 1 is 1.05 bits per heavy atom. The number of anilines is 1. The van der Waals surface area contributed by atoms with E-state index in [0.29, 0.717) is 29.8 Å². The molecule has 2 fully saturated rings. The molecule has 2 heterocycles. The average molecular weight is 555 g/mol. The smallest absolute Gasteiger partial charge is 0.433 e. The molecule has 1 aromatic heterocycles. The van der Waals surface area contributed by atoms with Crippen molar-refractivity contribution in [2.75, 3.05) is 31.7 Å². The van der Waals surface area contributed by atoms with Gasteiger partial charge >= 0.3 is 12.1 Å². The van der Waals surface area contributed by atoms with Crippen molar-refractivity contribution in [1.82, 2.24) is 4.98 Å². The summed E-state index contributed by atoms with van der Waals surface area (Å²) >= 11 is 0. The Morgan fingerprint density at radius 2 is 1.82 bits per heavy atom. The fourth-order valence-electron chi connectivity index (χ4n) is 5.50. The van der Waals surface area contributed by atoms with Gasteiger partial charge in [-0.2, -0.15) is 13.2 Å². The molecule has 1 atom stereocenters. The summed E-state index contributed by atoms with van der Waals surface area (Å²) in [5.41, 5.74) is 2.43. The molecule has 2 aliphatic rings. The Morgan fingerprint density at radius 3 is 2.45 bits per heavy atom. The molecule has 1 saturated heterocycles. The number of alkyl halides is 3. The topological polar surface area (TPSA) is 71.9 Å². The van der Waals surface area contributed by atoms with Crippen LogP contribution in [0.2, 0.25) is 0 Å². The van der Waals surface area contributed by atoms with E-state index in [-0.39, 0.29) is 12.3 Å². The van der Waals surface area contributed by atoms with Gasteiger partial charge in [0.25, 0.3) is 0 Å². The van der Waals surface area contributed by atoms with E-state index in [2.05, 4.69) is 9.88 Å². The second-order valence-electron chi connectivity index (χ2n) is 10.7. The summed E-state index contributed by atoms with van der Waals surface area (Å²) in [5.74, 6) is 1.48. The van der Waals surface area contributed by atoms with E-state index >= 15 is 0 Å². The predicted octanol–water partition coefficient (Wildman–Crippen LogP) is 7.04. The number of aromatic nitrogens is 1. The molecule has 3 aromatic rings. The Bertz CT molecular complexity index is 1320. The molecular formula is C31H33F3N2O4. The number of halogens is 3. The molecule has 0 unspecified atom stereocenters. The average Bonchev–Trinajstić information content (AvgIpc) is 3.80. The van der Waals surface area contributed by atoms with Gasteiger partial charge in [-0.25, -0.2) is 0 Å². The zero-order valence-electron chi connectivity index (χ0n) is 22.4. The molecule has 212 valence electrons. The molecule has 0 radical (unpaired) electrons. The number of hydrogen-bond acceptors (Lipinski definition) is 5. The van der Waals surface area contributed by atoms with Crippen LogP contribution < -0.4 is 14.4 Å². The number of carbonyl (C=O) groups is 1. The number of benzene rings is 2. The van der Waals surface area contributed by atoms with Crippen molar-refractivity contribution in [3.05, 3.63) is 72.1 Å². The Balaban J connectivity index is 1.23. The third-order valence-corrected chi connectivity index (χ3v) is 7.88. The van der Waals surface area contributed by atoms with Crippen LogP contribution in [0.25, 0.3) is 11.1 Å². The summed E-state index contributed by atoms with van der Waals surface area (Å²) in [5, 5.41) is 9.33. The van der Waals surface area contributed by atoms with E-state index in [9.17, 15) is 23.1 Å². The van der Waals surface area contributed by atoms with Crippen LogP contribution in [-0.2, 0) is 11.0 Å². The number of carboxylic acid groups (broad SMARTS) is 1. The van der Waals surface area contributed by atoms with Crippen LogP contribution in [-0.4, -0.2) is 42.9 Å². The number of rotatable bonds is 10. The van der Waals surface area contributed by atoms with Gasteiger partial charge in [0.15, 0.2) is 0 Å². The molecule has 1 aliphatic carbocycles. The summed E-state index contributed by atoms with van der Waals surface area (Å²) in [6.45, 7) is 2.10. The molecule has 1 saturated carbocycles. The third kappa shape index (κ3) is 6.69. The van der Waals surface area contributed by atoms with E-state index in [1.807, 2.05) is 36.4 Å². The first kappa shape index (κ1) is 27.8. The van der Waals surface area contributed by atoms with Crippen LogP contribution in [0.4, 0.5) is 18.9 Å². The predicted molar refractivity (Wildman–Crippen MR) is 146 cm³/mol. The molecular weight excluding hydrogens is 521 g/mol. The number of ether oxygens (including phenoxy) is 2. The molecule has 40 heavy (non-hydrogen) atoms. The third-order valence-electron chi connectivity index (χ3n) is 7.88. The summed E-state index contributed by atoms with van der Waals surface area (Å²) in [4.78, 5) is 17.2. The number of nitrogens with zero attached hydrogens (tertiary/aromatic N) is 2. The number of aliphatic carboxylic acids is 1. The van der Waals surface area contributed by atoms with E-state index in [1.165, 1.54) is 12.3 Å². The van der Waals surface area contributed by atoms with Gasteiger partial charge in [-0.15, -0.1) is 0 Å². The lowest BCUT2D eigenvalue weighted by molar-refractivity contribution is -0.141. The van der Waals surface area contributed by atoms with Crippen LogP contribution in [0.5, 0.6) is 11.5 Å². The van der Waals surface area contributed by atoms with Crippen LogP contribution in [0.1, 0.15) is 49.3 Å². The second-order valence-corrected chi connectivity index (χ2v) is 10.7. The molecule has 2 aromatic carbocycles. The number of carboxylic acids is 1. The number of pyridine rings is 1. The highest BCUT2D eigenvalue weighted by Gasteiger charge is 2.34. The molecule has 1 aliphatic heterocycles. The summed E-state index contributed by atoms with van der Waals surface area (Å²) in [6, 6.07) is 15.9.